The van der Waals surface area contributed by atoms with Gasteiger partial charge in [-0.05, 0) is 48.9 Å². The molecule has 2 nitrogen and oxygen atoms in total. The Hall–Kier alpha value is -1.02. The molecule has 0 bridgehead atoms. The van der Waals surface area contributed by atoms with Gasteiger partial charge in [-0.15, -0.1) is 0 Å². The first-order chi connectivity index (χ1) is 9.55. The predicted molar refractivity (Wildman–Crippen MR) is 87.4 cm³/mol. The van der Waals surface area contributed by atoms with E-state index in [0.717, 1.165) is 24.6 Å². The van der Waals surface area contributed by atoms with Crippen LogP contribution in [0.1, 0.15) is 46.1 Å². The first-order valence-corrected chi connectivity index (χ1v) is 7.91. The van der Waals surface area contributed by atoms with Crippen molar-refractivity contribution >= 4 is 0 Å². The number of rotatable bonds is 9. The molecule has 1 aromatic rings. The molecule has 0 aliphatic rings. The van der Waals surface area contributed by atoms with Gasteiger partial charge in [-0.1, -0.05) is 46.2 Å². The maximum Gasteiger partial charge on any atom is 0.118 e. The van der Waals surface area contributed by atoms with Crippen LogP contribution < -0.4 is 10.1 Å². The van der Waals surface area contributed by atoms with Gasteiger partial charge in [0.1, 0.15) is 5.75 Å². The third-order valence-electron chi connectivity index (χ3n) is 3.93. The third kappa shape index (κ3) is 6.42. The van der Waals surface area contributed by atoms with Crippen LogP contribution in [-0.4, -0.2) is 19.7 Å². The highest BCUT2D eigenvalue weighted by atomic mass is 16.5. The molecule has 2 atom stereocenters. The van der Waals surface area contributed by atoms with Crippen LogP contribution in [-0.2, 0) is 6.42 Å². The van der Waals surface area contributed by atoms with Crippen LogP contribution in [0.4, 0.5) is 0 Å². The maximum atomic E-state index is 5.22. The predicted octanol–water partition coefficient (Wildman–Crippen LogP) is 4.29. The standard InChI is InChI=1S/C18H31NO/c1-6-15(4)11-17(13-19-14(2)3)12-16-7-9-18(20-5)10-8-16/h7-10,14-15,17,19H,6,11-13H2,1-5H3. The molecule has 0 aliphatic heterocycles. The van der Waals surface area contributed by atoms with Gasteiger partial charge in [-0.25, -0.2) is 0 Å². The van der Waals surface area contributed by atoms with E-state index in [-0.39, 0.29) is 0 Å². The van der Waals surface area contributed by atoms with Crippen molar-refractivity contribution in [1.82, 2.24) is 5.32 Å². The van der Waals surface area contributed by atoms with Crippen molar-refractivity contribution in [2.45, 2.75) is 53.0 Å². The number of ether oxygens (including phenoxy) is 1. The van der Waals surface area contributed by atoms with Gasteiger partial charge >= 0.3 is 0 Å². The summed E-state index contributed by atoms with van der Waals surface area (Å²) in [5, 5.41) is 3.59. The second-order valence-electron chi connectivity index (χ2n) is 6.23. The Labute approximate surface area is 124 Å². The number of benzene rings is 1. The first-order valence-electron chi connectivity index (χ1n) is 7.91. The molecule has 0 spiro atoms. The Balaban J connectivity index is 2.61. The van der Waals surface area contributed by atoms with Crippen molar-refractivity contribution in [2.75, 3.05) is 13.7 Å². The van der Waals surface area contributed by atoms with E-state index in [4.69, 9.17) is 4.74 Å². The summed E-state index contributed by atoms with van der Waals surface area (Å²) in [5.41, 5.74) is 1.41. The molecule has 0 amide bonds. The van der Waals surface area contributed by atoms with Crippen LogP contribution in [0.15, 0.2) is 24.3 Å². The lowest BCUT2D eigenvalue weighted by Gasteiger charge is -2.22. The molecule has 2 unspecified atom stereocenters. The highest BCUT2D eigenvalue weighted by Crippen LogP contribution is 2.21. The minimum atomic E-state index is 0.560. The van der Waals surface area contributed by atoms with Crippen molar-refractivity contribution in [1.29, 1.82) is 0 Å². The zero-order valence-electron chi connectivity index (χ0n) is 13.8. The second kappa shape index (κ2) is 9.02. The molecule has 1 rings (SSSR count). The number of nitrogens with one attached hydrogen (secondary N) is 1. The zero-order chi connectivity index (χ0) is 15.0. The minimum absolute atomic E-state index is 0.560. The summed E-state index contributed by atoms with van der Waals surface area (Å²) in [7, 11) is 1.72. The van der Waals surface area contributed by atoms with Crippen LogP contribution in [0.3, 0.4) is 0 Å². The normalized spacial score (nSPS) is 14.3. The number of methoxy groups -OCH3 is 1. The lowest BCUT2D eigenvalue weighted by atomic mass is 9.89. The van der Waals surface area contributed by atoms with Gasteiger partial charge in [-0.3, -0.25) is 0 Å². The van der Waals surface area contributed by atoms with Crippen LogP contribution in [0, 0.1) is 11.8 Å². The molecule has 1 aromatic carbocycles. The van der Waals surface area contributed by atoms with Crippen molar-refractivity contribution in [3.8, 4) is 5.75 Å². The quantitative estimate of drug-likeness (QED) is 0.727. The summed E-state index contributed by atoms with van der Waals surface area (Å²) in [6.45, 7) is 10.2. The summed E-state index contributed by atoms with van der Waals surface area (Å²) >= 11 is 0. The van der Waals surface area contributed by atoms with Crippen molar-refractivity contribution in [2.24, 2.45) is 11.8 Å². The molecule has 0 fully saturated rings. The molecule has 0 heterocycles. The largest absolute Gasteiger partial charge is 0.497 e. The van der Waals surface area contributed by atoms with Crippen molar-refractivity contribution in [3.63, 3.8) is 0 Å². The molecule has 20 heavy (non-hydrogen) atoms. The molecule has 0 aliphatic carbocycles. The minimum Gasteiger partial charge on any atom is -0.497 e. The zero-order valence-corrected chi connectivity index (χ0v) is 13.8. The number of hydrogen-bond donors (Lipinski definition) is 1. The van der Waals surface area contributed by atoms with Crippen LogP contribution >= 0.6 is 0 Å². The maximum absolute atomic E-state index is 5.22. The van der Waals surface area contributed by atoms with Gasteiger partial charge in [0.25, 0.3) is 0 Å². The highest BCUT2D eigenvalue weighted by molar-refractivity contribution is 5.27. The molecule has 0 aromatic heterocycles. The van der Waals surface area contributed by atoms with E-state index in [1.807, 2.05) is 0 Å². The fourth-order valence-electron chi connectivity index (χ4n) is 2.47. The summed E-state index contributed by atoms with van der Waals surface area (Å²) in [5.74, 6) is 2.44. The van der Waals surface area contributed by atoms with E-state index >= 15 is 0 Å². The Kier molecular flexibility index (Phi) is 7.68. The summed E-state index contributed by atoms with van der Waals surface area (Å²) in [6.07, 6.45) is 3.71. The summed E-state index contributed by atoms with van der Waals surface area (Å²) in [6, 6.07) is 9.07. The third-order valence-corrected chi connectivity index (χ3v) is 3.93. The van der Waals surface area contributed by atoms with E-state index in [1.165, 1.54) is 18.4 Å². The fraction of sp³-hybridized carbons (Fsp3) is 0.667. The number of hydrogen-bond acceptors (Lipinski definition) is 2. The highest BCUT2D eigenvalue weighted by Gasteiger charge is 2.13. The van der Waals surface area contributed by atoms with Gasteiger partial charge in [0.2, 0.25) is 0 Å². The van der Waals surface area contributed by atoms with E-state index in [1.54, 1.807) is 7.11 Å². The van der Waals surface area contributed by atoms with Crippen LogP contribution in [0.5, 0.6) is 5.75 Å². The average molecular weight is 277 g/mol. The van der Waals surface area contributed by atoms with E-state index < -0.39 is 0 Å². The SMILES string of the molecule is CCC(C)CC(CNC(C)C)Cc1ccc(OC)cc1. The average Bonchev–Trinajstić information content (AvgIpc) is 2.45. The van der Waals surface area contributed by atoms with Crippen molar-refractivity contribution in [3.05, 3.63) is 29.8 Å². The van der Waals surface area contributed by atoms with Gasteiger partial charge in [0.15, 0.2) is 0 Å². The van der Waals surface area contributed by atoms with Gasteiger partial charge < -0.3 is 10.1 Å². The van der Waals surface area contributed by atoms with Crippen LogP contribution in [0.25, 0.3) is 0 Å². The smallest absolute Gasteiger partial charge is 0.118 e. The van der Waals surface area contributed by atoms with E-state index in [9.17, 15) is 0 Å². The molecule has 114 valence electrons. The molecule has 1 N–H and O–H groups in total. The molecule has 0 saturated carbocycles. The summed E-state index contributed by atoms with van der Waals surface area (Å²) in [4.78, 5) is 0. The molecular formula is C18H31NO. The summed E-state index contributed by atoms with van der Waals surface area (Å²) < 4.78 is 5.22. The molecule has 0 radical (unpaired) electrons. The lowest BCUT2D eigenvalue weighted by molar-refractivity contribution is 0.353. The topological polar surface area (TPSA) is 21.3 Å². The van der Waals surface area contributed by atoms with Crippen LogP contribution in [0.2, 0.25) is 0 Å². The van der Waals surface area contributed by atoms with Gasteiger partial charge in [0, 0.05) is 6.04 Å². The van der Waals surface area contributed by atoms with Gasteiger partial charge in [-0.2, -0.15) is 0 Å². The van der Waals surface area contributed by atoms with Gasteiger partial charge in [0.05, 0.1) is 7.11 Å². The van der Waals surface area contributed by atoms with E-state index in [0.29, 0.717) is 12.0 Å². The monoisotopic (exact) mass is 277 g/mol. The van der Waals surface area contributed by atoms with Crippen molar-refractivity contribution < 1.29 is 4.74 Å². The Morgan fingerprint density at radius 1 is 1.10 bits per heavy atom. The first kappa shape index (κ1) is 17.0. The fourth-order valence-corrected chi connectivity index (χ4v) is 2.47. The van der Waals surface area contributed by atoms with E-state index in [2.05, 4.69) is 57.3 Å². The Morgan fingerprint density at radius 3 is 2.25 bits per heavy atom. The lowest BCUT2D eigenvalue weighted by Crippen LogP contribution is -2.30. The molecule has 0 saturated heterocycles. The molecular weight excluding hydrogens is 246 g/mol. The molecule has 2 heteroatoms. The Bertz CT molecular complexity index is 358. The Morgan fingerprint density at radius 2 is 1.75 bits per heavy atom. The second-order valence-corrected chi connectivity index (χ2v) is 6.23.